The van der Waals surface area contributed by atoms with Crippen LogP contribution in [0, 0.1) is 0 Å². The maximum Gasteiger partial charge on any atom is 0.265 e. The van der Waals surface area contributed by atoms with E-state index >= 15 is 0 Å². The summed E-state index contributed by atoms with van der Waals surface area (Å²) in [6, 6.07) is 5.34. The fraction of sp³-hybridized carbons (Fsp3) is 0.214. The van der Waals surface area contributed by atoms with Crippen molar-refractivity contribution in [3.05, 3.63) is 41.8 Å². The first-order valence-corrected chi connectivity index (χ1v) is 8.57. The number of anilines is 1. The Balaban J connectivity index is 1.99. The zero-order valence-corrected chi connectivity index (χ0v) is 13.6. The zero-order chi connectivity index (χ0) is 15.9. The molecule has 6 nitrogen and oxygen atoms in total. The Morgan fingerprint density at radius 3 is 2.82 bits per heavy atom. The third-order valence-electron chi connectivity index (χ3n) is 3.33. The lowest BCUT2D eigenvalue weighted by Crippen LogP contribution is -2.12. The van der Waals surface area contributed by atoms with Gasteiger partial charge in [0, 0.05) is 23.8 Å². The molecule has 8 heteroatoms. The minimum absolute atomic E-state index is 0.0922. The third kappa shape index (κ3) is 2.57. The second-order valence-corrected chi connectivity index (χ2v) is 7.31. The summed E-state index contributed by atoms with van der Waals surface area (Å²) in [7, 11) is -3.70. The van der Waals surface area contributed by atoms with Gasteiger partial charge in [-0.25, -0.2) is 8.42 Å². The van der Waals surface area contributed by atoms with Gasteiger partial charge in [0.05, 0.1) is 22.4 Å². The van der Waals surface area contributed by atoms with Crippen LogP contribution in [0.3, 0.4) is 0 Å². The highest BCUT2D eigenvalue weighted by Gasteiger charge is 2.19. The fourth-order valence-electron chi connectivity index (χ4n) is 2.15. The van der Waals surface area contributed by atoms with Crippen LogP contribution in [0.15, 0.2) is 41.7 Å². The van der Waals surface area contributed by atoms with Gasteiger partial charge in [0.1, 0.15) is 4.90 Å². The lowest BCUT2D eigenvalue weighted by molar-refractivity contribution is 0.531. The molecular weight excluding hydrogens is 324 g/mol. The van der Waals surface area contributed by atoms with Gasteiger partial charge in [-0.2, -0.15) is 5.10 Å². The van der Waals surface area contributed by atoms with Crippen molar-refractivity contribution in [3.63, 3.8) is 0 Å². The normalized spacial score (nSPS) is 12.2. The molecule has 22 heavy (non-hydrogen) atoms. The van der Waals surface area contributed by atoms with Crippen LogP contribution in [0.4, 0.5) is 5.69 Å². The Morgan fingerprint density at radius 1 is 1.36 bits per heavy atom. The largest absolute Gasteiger partial charge is 0.358 e. The van der Waals surface area contributed by atoms with Crippen LogP contribution in [0.1, 0.15) is 19.9 Å². The number of sulfonamides is 1. The van der Waals surface area contributed by atoms with E-state index in [-0.39, 0.29) is 10.9 Å². The predicted octanol–water partition coefficient (Wildman–Crippen LogP) is 3.40. The average molecular weight is 339 g/mol. The first-order chi connectivity index (χ1) is 10.4. The van der Waals surface area contributed by atoms with E-state index in [0.717, 1.165) is 5.39 Å². The summed E-state index contributed by atoms with van der Waals surface area (Å²) >= 11 is 6.05. The van der Waals surface area contributed by atoms with Gasteiger partial charge in [0.2, 0.25) is 0 Å². The number of halogens is 1. The molecule has 2 heterocycles. The van der Waals surface area contributed by atoms with E-state index in [1.165, 1.54) is 12.4 Å². The molecular formula is C14H15ClN4O2S. The molecule has 2 aromatic heterocycles. The molecule has 0 amide bonds. The number of hydrogen-bond acceptors (Lipinski definition) is 3. The molecule has 0 atom stereocenters. The summed E-state index contributed by atoms with van der Waals surface area (Å²) in [4.78, 5) is 3.10. The van der Waals surface area contributed by atoms with Crippen LogP contribution >= 0.6 is 11.6 Å². The number of aromatic amines is 1. The van der Waals surface area contributed by atoms with Crippen molar-refractivity contribution >= 4 is 38.2 Å². The Labute approximate surface area is 133 Å². The molecule has 0 radical (unpaired) electrons. The molecule has 2 N–H and O–H groups in total. The van der Waals surface area contributed by atoms with Crippen molar-refractivity contribution in [3.8, 4) is 0 Å². The van der Waals surface area contributed by atoms with Crippen molar-refractivity contribution in [2.24, 2.45) is 0 Å². The number of nitrogens with zero attached hydrogens (tertiary/aromatic N) is 2. The second kappa shape index (κ2) is 5.33. The van der Waals surface area contributed by atoms with Gasteiger partial charge in [-0.1, -0.05) is 23.7 Å². The SMILES string of the molecule is CC(C)n1cc(S(=O)(=O)Nc2cccc3c(Cl)c[nH]c23)cn1. The number of fused-ring (bicyclic) bond motifs is 1. The van der Waals surface area contributed by atoms with Crippen molar-refractivity contribution < 1.29 is 8.42 Å². The van der Waals surface area contributed by atoms with Gasteiger partial charge in [-0.05, 0) is 19.9 Å². The summed E-state index contributed by atoms with van der Waals surface area (Å²) in [6.45, 7) is 3.86. The molecule has 0 saturated carbocycles. The number of para-hydroxylation sites is 1. The number of nitrogens with one attached hydrogen (secondary N) is 2. The molecule has 3 aromatic rings. The van der Waals surface area contributed by atoms with E-state index in [1.807, 2.05) is 19.9 Å². The van der Waals surface area contributed by atoms with Crippen LogP contribution in [-0.2, 0) is 10.0 Å². The van der Waals surface area contributed by atoms with Crippen molar-refractivity contribution in [1.82, 2.24) is 14.8 Å². The minimum Gasteiger partial charge on any atom is -0.358 e. The zero-order valence-electron chi connectivity index (χ0n) is 12.0. The molecule has 0 fully saturated rings. The van der Waals surface area contributed by atoms with Gasteiger partial charge in [0.15, 0.2) is 0 Å². The monoisotopic (exact) mass is 338 g/mol. The average Bonchev–Trinajstić information content (AvgIpc) is 3.07. The topological polar surface area (TPSA) is 79.8 Å². The number of benzene rings is 1. The van der Waals surface area contributed by atoms with E-state index in [0.29, 0.717) is 16.2 Å². The van der Waals surface area contributed by atoms with Crippen LogP contribution < -0.4 is 4.72 Å². The Morgan fingerprint density at radius 2 is 2.14 bits per heavy atom. The summed E-state index contributed by atoms with van der Waals surface area (Å²) in [5.74, 6) is 0. The molecule has 0 bridgehead atoms. The molecule has 0 saturated heterocycles. The highest BCUT2D eigenvalue weighted by molar-refractivity contribution is 7.92. The van der Waals surface area contributed by atoms with E-state index < -0.39 is 10.0 Å². The number of rotatable bonds is 4. The first kappa shape index (κ1) is 14.9. The van der Waals surface area contributed by atoms with E-state index in [2.05, 4.69) is 14.8 Å². The lowest BCUT2D eigenvalue weighted by Gasteiger charge is -2.08. The van der Waals surface area contributed by atoms with Crippen molar-refractivity contribution in [2.75, 3.05) is 4.72 Å². The summed E-state index contributed by atoms with van der Waals surface area (Å²) in [5, 5.41) is 5.37. The van der Waals surface area contributed by atoms with E-state index in [9.17, 15) is 8.42 Å². The van der Waals surface area contributed by atoms with Crippen molar-refractivity contribution in [2.45, 2.75) is 24.8 Å². The third-order valence-corrected chi connectivity index (χ3v) is 4.96. The Kier molecular flexibility index (Phi) is 3.62. The second-order valence-electron chi connectivity index (χ2n) is 5.22. The highest BCUT2D eigenvalue weighted by Crippen LogP contribution is 2.29. The predicted molar refractivity (Wildman–Crippen MR) is 86.7 cm³/mol. The summed E-state index contributed by atoms with van der Waals surface area (Å²) in [5.41, 5.74) is 1.09. The number of aromatic nitrogens is 3. The Bertz CT molecular complexity index is 927. The van der Waals surface area contributed by atoms with E-state index in [4.69, 9.17) is 11.6 Å². The van der Waals surface area contributed by atoms with Crippen LogP contribution in [-0.4, -0.2) is 23.2 Å². The summed E-state index contributed by atoms with van der Waals surface area (Å²) < 4.78 is 29.1. The quantitative estimate of drug-likeness (QED) is 0.765. The van der Waals surface area contributed by atoms with Crippen LogP contribution in [0.2, 0.25) is 5.02 Å². The van der Waals surface area contributed by atoms with Gasteiger partial charge >= 0.3 is 0 Å². The number of H-pyrrole nitrogens is 1. The number of hydrogen-bond donors (Lipinski definition) is 2. The molecule has 0 aliphatic carbocycles. The maximum absolute atomic E-state index is 12.5. The highest BCUT2D eigenvalue weighted by atomic mass is 35.5. The van der Waals surface area contributed by atoms with Gasteiger partial charge in [-0.15, -0.1) is 0 Å². The molecule has 3 rings (SSSR count). The lowest BCUT2D eigenvalue weighted by atomic mass is 10.2. The minimum atomic E-state index is -3.70. The van der Waals surface area contributed by atoms with Crippen LogP contribution in [0.25, 0.3) is 10.9 Å². The fourth-order valence-corrected chi connectivity index (χ4v) is 3.37. The maximum atomic E-state index is 12.5. The van der Waals surface area contributed by atoms with Crippen LogP contribution in [0.5, 0.6) is 0 Å². The Hall–Kier alpha value is -1.99. The van der Waals surface area contributed by atoms with E-state index in [1.54, 1.807) is 23.0 Å². The molecule has 0 unspecified atom stereocenters. The molecule has 116 valence electrons. The molecule has 1 aromatic carbocycles. The molecule has 0 spiro atoms. The van der Waals surface area contributed by atoms with Gasteiger partial charge in [-0.3, -0.25) is 9.40 Å². The summed E-state index contributed by atoms with van der Waals surface area (Å²) in [6.07, 6.45) is 4.47. The first-order valence-electron chi connectivity index (χ1n) is 6.71. The molecule has 0 aliphatic heterocycles. The van der Waals surface area contributed by atoms with Gasteiger partial charge < -0.3 is 4.98 Å². The standard InChI is InChI=1S/C14H15ClN4O2S/c1-9(2)19-8-10(6-17-19)22(20,21)18-13-5-3-4-11-12(15)7-16-14(11)13/h3-9,16,18H,1-2H3. The van der Waals surface area contributed by atoms with Gasteiger partial charge in [0.25, 0.3) is 10.0 Å². The van der Waals surface area contributed by atoms with Crippen molar-refractivity contribution in [1.29, 1.82) is 0 Å². The smallest absolute Gasteiger partial charge is 0.265 e. The molecule has 0 aliphatic rings.